The van der Waals surface area contributed by atoms with Crippen LogP contribution in [-0.2, 0) is 11.8 Å². The molecule has 0 bridgehead atoms. The number of hydrogen-bond donors (Lipinski definition) is 2. The molecule has 2 atom stereocenters. The van der Waals surface area contributed by atoms with Crippen LogP contribution in [0.25, 0.3) is 0 Å². The average molecular weight is 310 g/mol. The molecule has 6 heteroatoms. The van der Waals surface area contributed by atoms with Crippen molar-refractivity contribution in [1.82, 2.24) is 20.4 Å². The van der Waals surface area contributed by atoms with Gasteiger partial charge in [0.1, 0.15) is 5.60 Å². The Balaban J connectivity index is 2.31. The van der Waals surface area contributed by atoms with Crippen molar-refractivity contribution in [3.63, 3.8) is 0 Å². The van der Waals surface area contributed by atoms with E-state index in [-0.39, 0.29) is 18.2 Å². The van der Waals surface area contributed by atoms with Crippen LogP contribution < -0.4 is 10.6 Å². The molecule has 1 heterocycles. The molecule has 22 heavy (non-hydrogen) atoms. The second-order valence-corrected chi connectivity index (χ2v) is 6.86. The molecule has 6 nitrogen and oxygen atoms in total. The summed E-state index contributed by atoms with van der Waals surface area (Å²) in [6.07, 6.45) is 2.51. The number of ether oxygens (including phenoxy) is 1. The Labute approximate surface area is 133 Å². The Morgan fingerprint density at radius 2 is 2.05 bits per heavy atom. The second kappa shape index (κ2) is 7.63. The quantitative estimate of drug-likeness (QED) is 0.847. The molecule has 0 radical (unpaired) electrons. The van der Waals surface area contributed by atoms with Gasteiger partial charge in [0.05, 0.1) is 5.69 Å². The minimum Gasteiger partial charge on any atom is -0.444 e. The van der Waals surface area contributed by atoms with Crippen molar-refractivity contribution < 1.29 is 9.53 Å². The van der Waals surface area contributed by atoms with Gasteiger partial charge in [-0.2, -0.15) is 5.10 Å². The first-order chi connectivity index (χ1) is 10.1. The number of carbonyl (C=O) groups is 1. The van der Waals surface area contributed by atoms with Gasteiger partial charge in [-0.15, -0.1) is 0 Å². The lowest BCUT2D eigenvalue weighted by Gasteiger charge is -2.22. The Kier molecular flexibility index (Phi) is 6.41. The molecule has 1 rings (SSSR count). The summed E-state index contributed by atoms with van der Waals surface area (Å²) in [5, 5.41) is 10.7. The third-order valence-corrected chi connectivity index (χ3v) is 3.31. The normalized spacial score (nSPS) is 14.5. The Bertz CT molecular complexity index is 491. The van der Waals surface area contributed by atoms with Crippen molar-refractivity contribution in [1.29, 1.82) is 0 Å². The summed E-state index contributed by atoms with van der Waals surface area (Å²) in [5.41, 5.74) is 1.78. The first kappa shape index (κ1) is 18.5. The Morgan fingerprint density at radius 1 is 1.41 bits per heavy atom. The summed E-state index contributed by atoms with van der Waals surface area (Å²) in [6, 6.07) is 0.298. The van der Waals surface area contributed by atoms with Gasteiger partial charge in [-0.05, 0) is 54.5 Å². The number of rotatable bonds is 6. The van der Waals surface area contributed by atoms with Gasteiger partial charge < -0.3 is 15.4 Å². The molecule has 1 aromatic heterocycles. The predicted octanol–water partition coefficient (Wildman–Crippen LogP) is 2.68. The van der Waals surface area contributed by atoms with Crippen LogP contribution in [0, 0.1) is 6.92 Å². The van der Waals surface area contributed by atoms with E-state index in [2.05, 4.69) is 22.7 Å². The van der Waals surface area contributed by atoms with E-state index in [1.165, 1.54) is 5.56 Å². The fourth-order valence-corrected chi connectivity index (χ4v) is 2.25. The third-order valence-electron chi connectivity index (χ3n) is 3.31. The molecule has 0 aliphatic carbocycles. The fourth-order valence-electron chi connectivity index (χ4n) is 2.25. The summed E-state index contributed by atoms with van der Waals surface area (Å²) >= 11 is 0. The summed E-state index contributed by atoms with van der Waals surface area (Å²) < 4.78 is 7.07. The molecule has 0 saturated carbocycles. The van der Waals surface area contributed by atoms with Crippen LogP contribution in [0.5, 0.6) is 0 Å². The molecule has 0 saturated heterocycles. The predicted molar refractivity (Wildman–Crippen MR) is 87.8 cm³/mol. The van der Waals surface area contributed by atoms with E-state index in [1.807, 2.05) is 52.5 Å². The largest absolute Gasteiger partial charge is 0.444 e. The zero-order valence-electron chi connectivity index (χ0n) is 14.9. The molecule has 1 amide bonds. The van der Waals surface area contributed by atoms with Crippen LogP contribution in [0.2, 0.25) is 0 Å². The average Bonchev–Trinajstić information content (AvgIpc) is 2.65. The van der Waals surface area contributed by atoms with Gasteiger partial charge in [-0.3, -0.25) is 4.68 Å². The number of carbonyl (C=O) groups excluding carboxylic acids is 1. The highest BCUT2D eigenvalue weighted by Crippen LogP contribution is 2.15. The molecule has 126 valence electrons. The molecule has 2 N–H and O–H groups in total. The number of alkyl carbamates (subject to hydrolysis) is 1. The van der Waals surface area contributed by atoms with Gasteiger partial charge in [-0.25, -0.2) is 4.79 Å². The van der Waals surface area contributed by atoms with E-state index in [0.717, 1.165) is 18.7 Å². The molecule has 0 spiro atoms. The Hall–Kier alpha value is -1.56. The van der Waals surface area contributed by atoms with E-state index < -0.39 is 5.60 Å². The molecule has 0 aromatic carbocycles. The number of aromatic nitrogens is 2. The standard InChI is InChI=1S/C16H30N4O2/c1-11(18-15(21)22-16(4,5)6)8-9-17-12(2)14-10-20(7)19-13(14)3/h10-12,17H,8-9H2,1-7H3,(H,18,21). The smallest absolute Gasteiger partial charge is 0.407 e. The van der Waals surface area contributed by atoms with Gasteiger partial charge in [0.2, 0.25) is 0 Å². The van der Waals surface area contributed by atoms with Gasteiger partial charge in [0.25, 0.3) is 0 Å². The van der Waals surface area contributed by atoms with Crippen molar-refractivity contribution in [2.24, 2.45) is 7.05 Å². The van der Waals surface area contributed by atoms with Crippen LogP contribution in [0.15, 0.2) is 6.20 Å². The second-order valence-electron chi connectivity index (χ2n) is 6.86. The van der Waals surface area contributed by atoms with Gasteiger partial charge in [-0.1, -0.05) is 0 Å². The summed E-state index contributed by atoms with van der Waals surface area (Å²) in [4.78, 5) is 11.7. The monoisotopic (exact) mass is 310 g/mol. The zero-order valence-corrected chi connectivity index (χ0v) is 14.9. The highest BCUT2D eigenvalue weighted by atomic mass is 16.6. The number of nitrogens with one attached hydrogen (secondary N) is 2. The highest BCUT2D eigenvalue weighted by Gasteiger charge is 2.18. The topological polar surface area (TPSA) is 68.2 Å². The minimum absolute atomic E-state index is 0.0598. The zero-order chi connectivity index (χ0) is 16.9. The van der Waals surface area contributed by atoms with Crippen LogP contribution in [0.3, 0.4) is 0 Å². The summed E-state index contributed by atoms with van der Waals surface area (Å²) in [7, 11) is 1.93. The van der Waals surface area contributed by atoms with Gasteiger partial charge >= 0.3 is 6.09 Å². The number of amides is 1. The van der Waals surface area contributed by atoms with Crippen LogP contribution in [0.1, 0.15) is 58.3 Å². The summed E-state index contributed by atoms with van der Waals surface area (Å²) in [6.45, 7) is 12.5. The van der Waals surface area contributed by atoms with Crippen molar-refractivity contribution in [3.8, 4) is 0 Å². The van der Waals surface area contributed by atoms with Crippen molar-refractivity contribution in [2.45, 2.75) is 65.6 Å². The molecular formula is C16H30N4O2. The SMILES string of the molecule is Cc1nn(C)cc1C(C)NCCC(C)NC(=O)OC(C)(C)C. The van der Waals surface area contributed by atoms with E-state index >= 15 is 0 Å². The van der Waals surface area contributed by atoms with E-state index in [9.17, 15) is 4.79 Å². The third kappa shape index (κ3) is 6.47. The Morgan fingerprint density at radius 3 is 2.55 bits per heavy atom. The molecular weight excluding hydrogens is 280 g/mol. The molecule has 0 aliphatic heterocycles. The first-order valence-electron chi connectivity index (χ1n) is 7.81. The lowest BCUT2D eigenvalue weighted by atomic mass is 10.1. The van der Waals surface area contributed by atoms with Crippen molar-refractivity contribution >= 4 is 6.09 Å². The highest BCUT2D eigenvalue weighted by molar-refractivity contribution is 5.67. The molecule has 0 fully saturated rings. The van der Waals surface area contributed by atoms with E-state index in [4.69, 9.17) is 4.74 Å². The number of aryl methyl sites for hydroxylation is 2. The van der Waals surface area contributed by atoms with Crippen LogP contribution in [0.4, 0.5) is 4.79 Å². The lowest BCUT2D eigenvalue weighted by Crippen LogP contribution is -2.39. The van der Waals surface area contributed by atoms with Crippen LogP contribution in [-0.4, -0.2) is 34.1 Å². The lowest BCUT2D eigenvalue weighted by molar-refractivity contribution is 0.0506. The first-order valence-corrected chi connectivity index (χ1v) is 7.81. The van der Waals surface area contributed by atoms with Crippen molar-refractivity contribution in [3.05, 3.63) is 17.5 Å². The number of nitrogens with zero attached hydrogens (tertiary/aromatic N) is 2. The minimum atomic E-state index is -0.464. The van der Waals surface area contributed by atoms with Gasteiger partial charge in [0.15, 0.2) is 0 Å². The maximum atomic E-state index is 11.7. The number of hydrogen-bond acceptors (Lipinski definition) is 4. The molecule has 1 aromatic rings. The fraction of sp³-hybridized carbons (Fsp3) is 0.750. The maximum absolute atomic E-state index is 11.7. The molecule has 0 aliphatic rings. The van der Waals surface area contributed by atoms with E-state index in [1.54, 1.807) is 0 Å². The molecule has 2 unspecified atom stereocenters. The maximum Gasteiger partial charge on any atom is 0.407 e. The van der Waals surface area contributed by atoms with Crippen molar-refractivity contribution in [2.75, 3.05) is 6.54 Å². The van der Waals surface area contributed by atoms with Gasteiger partial charge in [0, 0.05) is 30.9 Å². The van der Waals surface area contributed by atoms with E-state index in [0.29, 0.717) is 0 Å². The van der Waals surface area contributed by atoms with Crippen LogP contribution >= 0.6 is 0 Å². The summed E-state index contributed by atoms with van der Waals surface area (Å²) in [5.74, 6) is 0.